The maximum atomic E-state index is 11.7. The Morgan fingerprint density at radius 1 is 1.60 bits per heavy atom. The molecule has 0 spiro atoms. The minimum atomic E-state index is -0.894. The quantitative estimate of drug-likeness (QED) is 0.701. The molecule has 2 aliphatic heterocycles. The third kappa shape index (κ3) is 1.44. The highest BCUT2D eigenvalue weighted by Gasteiger charge is 2.51. The van der Waals surface area contributed by atoms with Gasteiger partial charge in [-0.2, -0.15) is 0 Å². The van der Waals surface area contributed by atoms with E-state index in [0.717, 1.165) is 6.42 Å². The molecular formula is C11H15NO3. The molecule has 0 aromatic heterocycles. The van der Waals surface area contributed by atoms with Gasteiger partial charge in [-0.25, -0.2) is 4.79 Å². The van der Waals surface area contributed by atoms with Gasteiger partial charge in [0.2, 0.25) is 5.91 Å². The van der Waals surface area contributed by atoms with Crippen molar-refractivity contribution in [1.82, 2.24) is 4.90 Å². The van der Waals surface area contributed by atoms with Crippen LogP contribution in [-0.4, -0.2) is 34.0 Å². The lowest BCUT2D eigenvalue weighted by Crippen LogP contribution is -2.47. The summed E-state index contributed by atoms with van der Waals surface area (Å²) < 4.78 is 0. The summed E-state index contributed by atoms with van der Waals surface area (Å²) in [4.78, 5) is 24.3. The zero-order valence-corrected chi connectivity index (χ0v) is 8.93. The van der Waals surface area contributed by atoms with Gasteiger partial charge in [0.05, 0.1) is 0 Å². The summed E-state index contributed by atoms with van der Waals surface area (Å²) in [6.45, 7) is 4.06. The number of carbonyl (C=O) groups excluding carboxylic acids is 1. The molecule has 1 N–H and O–H groups in total. The Balaban J connectivity index is 2.37. The Morgan fingerprint density at radius 2 is 2.27 bits per heavy atom. The van der Waals surface area contributed by atoms with E-state index in [2.05, 4.69) is 0 Å². The molecule has 1 saturated heterocycles. The number of fused-ring (bicyclic) bond motifs is 1. The number of carbonyl (C=O) groups is 2. The van der Waals surface area contributed by atoms with Crippen LogP contribution in [0.5, 0.6) is 0 Å². The monoisotopic (exact) mass is 209 g/mol. The second kappa shape index (κ2) is 3.08. The van der Waals surface area contributed by atoms with E-state index in [-0.39, 0.29) is 17.4 Å². The molecule has 0 aliphatic carbocycles. The third-order valence-corrected chi connectivity index (χ3v) is 3.45. The van der Waals surface area contributed by atoms with E-state index in [1.807, 2.05) is 19.9 Å². The lowest BCUT2D eigenvalue weighted by atomic mass is 9.81. The summed E-state index contributed by atoms with van der Waals surface area (Å²) in [7, 11) is 0. The molecule has 1 fully saturated rings. The van der Waals surface area contributed by atoms with E-state index < -0.39 is 12.0 Å². The minimum Gasteiger partial charge on any atom is -0.480 e. The van der Waals surface area contributed by atoms with Crippen molar-refractivity contribution in [2.75, 3.05) is 0 Å². The number of nitrogens with zero attached hydrogens (tertiary/aromatic N) is 1. The molecule has 4 nitrogen and oxygen atoms in total. The van der Waals surface area contributed by atoms with Crippen molar-refractivity contribution in [3.05, 3.63) is 12.2 Å². The second-order valence-corrected chi connectivity index (χ2v) is 4.95. The number of carboxylic acid groups (broad SMARTS) is 1. The van der Waals surface area contributed by atoms with Crippen LogP contribution in [0.4, 0.5) is 0 Å². The maximum absolute atomic E-state index is 11.7. The average Bonchev–Trinajstić information content (AvgIpc) is 2.40. The molecule has 2 atom stereocenters. The van der Waals surface area contributed by atoms with Crippen molar-refractivity contribution in [2.45, 2.75) is 38.8 Å². The zero-order valence-electron chi connectivity index (χ0n) is 8.93. The summed E-state index contributed by atoms with van der Waals surface area (Å²) in [5, 5.41) is 9.08. The predicted octanol–water partition coefficient (Wildman–Crippen LogP) is 1.03. The number of rotatable bonds is 1. The Hall–Kier alpha value is -1.32. The van der Waals surface area contributed by atoms with Crippen LogP contribution in [0.25, 0.3) is 0 Å². The third-order valence-electron chi connectivity index (χ3n) is 3.45. The molecule has 0 aromatic carbocycles. The number of hydrogen-bond donors (Lipinski definition) is 1. The van der Waals surface area contributed by atoms with Crippen LogP contribution in [0.2, 0.25) is 0 Å². The number of amides is 1. The van der Waals surface area contributed by atoms with Crippen molar-refractivity contribution in [3.63, 3.8) is 0 Å². The highest BCUT2D eigenvalue weighted by atomic mass is 16.4. The normalized spacial score (nSPS) is 32.9. The fourth-order valence-corrected chi connectivity index (χ4v) is 2.66. The molecule has 4 heteroatoms. The van der Waals surface area contributed by atoms with E-state index in [0.29, 0.717) is 6.42 Å². The van der Waals surface area contributed by atoms with Gasteiger partial charge in [-0.3, -0.25) is 4.79 Å². The lowest BCUT2D eigenvalue weighted by molar-refractivity contribution is -0.148. The van der Waals surface area contributed by atoms with Crippen LogP contribution in [-0.2, 0) is 9.59 Å². The molecule has 0 bridgehead atoms. The lowest BCUT2D eigenvalue weighted by Gasteiger charge is -2.34. The van der Waals surface area contributed by atoms with Crippen molar-refractivity contribution in [3.8, 4) is 0 Å². The van der Waals surface area contributed by atoms with Gasteiger partial charge in [0.1, 0.15) is 6.04 Å². The van der Waals surface area contributed by atoms with E-state index >= 15 is 0 Å². The fourth-order valence-electron chi connectivity index (χ4n) is 2.66. The molecule has 15 heavy (non-hydrogen) atoms. The van der Waals surface area contributed by atoms with E-state index in [1.54, 1.807) is 0 Å². The largest absolute Gasteiger partial charge is 0.480 e. The molecule has 0 saturated carbocycles. The molecule has 1 amide bonds. The van der Waals surface area contributed by atoms with Crippen LogP contribution >= 0.6 is 0 Å². The molecule has 2 heterocycles. The summed E-state index contributed by atoms with van der Waals surface area (Å²) in [6.07, 6.45) is 4.63. The van der Waals surface area contributed by atoms with Gasteiger partial charge in [0, 0.05) is 6.04 Å². The summed E-state index contributed by atoms with van der Waals surface area (Å²) in [5.74, 6) is -1.06. The molecule has 2 unspecified atom stereocenters. The Morgan fingerprint density at radius 3 is 2.87 bits per heavy atom. The first-order chi connectivity index (χ1) is 6.93. The molecular weight excluding hydrogens is 194 g/mol. The summed E-state index contributed by atoms with van der Waals surface area (Å²) >= 11 is 0. The van der Waals surface area contributed by atoms with Gasteiger partial charge in [-0.1, -0.05) is 19.9 Å². The van der Waals surface area contributed by atoms with E-state index in [1.165, 1.54) is 11.0 Å². The standard InChI is InChI=1S/C11H15NO3/c1-11(2)6-7(10(14)15)12-8(11)4-3-5-9(12)13/h3,5,7-8H,4,6H2,1-2H3,(H,14,15). The minimum absolute atomic E-state index is 0.0381. The summed E-state index contributed by atoms with van der Waals surface area (Å²) in [5.41, 5.74) is -0.108. The number of hydrogen-bond acceptors (Lipinski definition) is 2. The molecule has 2 rings (SSSR count). The molecule has 82 valence electrons. The predicted molar refractivity (Wildman–Crippen MR) is 54.2 cm³/mol. The smallest absolute Gasteiger partial charge is 0.326 e. The second-order valence-electron chi connectivity index (χ2n) is 4.95. The topological polar surface area (TPSA) is 57.6 Å². The van der Waals surface area contributed by atoms with Crippen LogP contribution in [0.15, 0.2) is 12.2 Å². The van der Waals surface area contributed by atoms with Crippen LogP contribution < -0.4 is 0 Å². The van der Waals surface area contributed by atoms with Crippen LogP contribution in [0, 0.1) is 5.41 Å². The fraction of sp³-hybridized carbons (Fsp3) is 0.636. The first kappa shape index (κ1) is 10.2. The highest BCUT2D eigenvalue weighted by Crippen LogP contribution is 2.43. The Kier molecular flexibility index (Phi) is 2.10. The van der Waals surface area contributed by atoms with E-state index in [4.69, 9.17) is 5.11 Å². The van der Waals surface area contributed by atoms with E-state index in [9.17, 15) is 9.59 Å². The Labute approximate surface area is 88.6 Å². The van der Waals surface area contributed by atoms with Crippen molar-refractivity contribution >= 4 is 11.9 Å². The molecule has 2 aliphatic rings. The number of carboxylic acids is 1. The van der Waals surface area contributed by atoms with Crippen LogP contribution in [0.3, 0.4) is 0 Å². The van der Waals surface area contributed by atoms with Crippen molar-refractivity contribution < 1.29 is 14.7 Å². The van der Waals surface area contributed by atoms with Gasteiger partial charge in [0.25, 0.3) is 0 Å². The maximum Gasteiger partial charge on any atom is 0.326 e. The van der Waals surface area contributed by atoms with Crippen LogP contribution in [0.1, 0.15) is 26.7 Å². The van der Waals surface area contributed by atoms with Crippen molar-refractivity contribution in [1.29, 1.82) is 0 Å². The number of aliphatic carboxylic acids is 1. The van der Waals surface area contributed by atoms with Gasteiger partial charge >= 0.3 is 5.97 Å². The SMILES string of the molecule is CC1(C)CC(C(=O)O)N2C(=O)C=CCC21. The first-order valence-electron chi connectivity index (χ1n) is 5.15. The van der Waals surface area contributed by atoms with Gasteiger partial charge in [-0.15, -0.1) is 0 Å². The molecule has 0 aromatic rings. The Bertz CT molecular complexity index is 346. The first-order valence-corrected chi connectivity index (χ1v) is 5.15. The highest BCUT2D eigenvalue weighted by molar-refractivity contribution is 5.93. The van der Waals surface area contributed by atoms with Gasteiger partial charge in [-0.05, 0) is 24.3 Å². The summed E-state index contributed by atoms with van der Waals surface area (Å²) in [6, 6.07) is -0.612. The average molecular weight is 209 g/mol. The van der Waals surface area contributed by atoms with Crippen molar-refractivity contribution in [2.24, 2.45) is 5.41 Å². The zero-order chi connectivity index (χ0) is 11.2. The molecule has 0 radical (unpaired) electrons. The van der Waals surface area contributed by atoms with Gasteiger partial charge < -0.3 is 10.0 Å². The van der Waals surface area contributed by atoms with Gasteiger partial charge in [0.15, 0.2) is 0 Å².